The smallest absolute Gasteiger partial charge is 0.437 e. The van der Waals surface area contributed by atoms with E-state index in [1.165, 1.54) is 12.8 Å². The maximum absolute atomic E-state index is 13.7. The number of alkyl halides is 3. The molecule has 4 heterocycles. The second kappa shape index (κ2) is 9.04. The highest BCUT2D eigenvalue weighted by atomic mass is 19.4. The number of oxazole rings is 1. The van der Waals surface area contributed by atoms with E-state index in [1.54, 1.807) is 30.5 Å². The molecule has 1 amide bonds. The van der Waals surface area contributed by atoms with E-state index in [2.05, 4.69) is 36.1 Å². The molecule has 3 aromatic heterocycles. The fourth-order valence-electron chi connectivity index (χ4n) is 4.25. The van der Waals surface area contributed by atoms with E-state index in [9.17, 15) is 18.0 Å². The van der Waals surface area contributed by atoms with Crippen molar-refractivity contribution in [2.45, 2.75) is 32.1 Å². The maximum atomic E-state index is 13.7. The van der Waals surface area contributed by atoms with Crippen LogP contribution in [-0.2, 0) is 19.3 Å². The highest BCUT2D eigenvalue weighted by molar-refractivity contribution is 6.05. The topological polar surface area (TPSA) is 121 Å². The summed E-state index contributed by atoms with van der Waals surface area (Å²) in [7, 11) is 0. The fraction of sp³-hybridized carbons (Fsp3) is 0.280. The van der Waals surface area contributed by atoms with Crippen LogP contribution < -0.4 is 16.0 Å². The van der Waals surface area contributed by atoms with Gasteiger partial charge in [0.2, 0.25) is 5.89 Å². The van der Waals surface area contributed by atoms with Gasteiger partial charge in [0.25, 0.3) is 5.91 Å². The summed E-state index contributed by atoms with van der Waals surface area (Å²) in [6.45, 7) is 2.13. The molecule has 0 spiro atoms. The number of aromatic amines is 1. The fourth-order valence-corrected chi connectivity index (χ4v) is 4.25. The molecule has 6 rings (SSSR count). The van der Waals surface area contributed by atoms with Crippen molar-refractivity contribution >= 4 is 17.4 Å². The van der Waals surface area contributed by atoms with Crippen molar-refractivity contribution in [1.29, 1.82) is 0 Å². The van der Waals surface area contributed by atoms with Crippen LogP contribution in [0.2, 0.25) is 0 Å². The largest absolute Gasteiger partial charge is 0.444 e. The Morgan fingerprint density at radius 1 is 1.11 bits per heavy atom. The molecule has 9 nitrogen and oxygen atoms in total. The van der Waals surface area contributed by atoms with Crippen molar-refractivity contribution in [3.05, 3.63) is 65.3 Å². The number of anilines is 2. The number of benzene rings is 1. The van der Waals surface area contributed by atoms with E-state index in [0.717, 1.165) is 23.9 Å². The molecule has 4 aromatic rings. The molecule has 0 saturated heterocycles. The van der Waals surface area contributed by atoms with Crippen molar-refractivity contribution in [1.82, 2.24) is 25.5 Å². The Balaban J connectivity index is 1.26. The summed E-state index contributed by atoms with van der Waals surface area (Å²) in [5.41, 5.74) is 1.30. The van der Waals surface area contributed by atoms with E-state index in [0.29, 0.717) is 36.0 Å². The summed E-state index contributed by atoms with van der Waals surface area (Å²) < 4.78 is 46.7. The number of H-pyrrole nitrogens is 1. The molecule has 12 heteroatoms. The van der Waals surface area contributed by atoms with Gasteiger partial charge >= 0.3 is 6.18 Å². The van der Waals surface area contributed by atoms with Gasteiger partial charge in [-0.25, -0.2) is 9.97 Å². The number of carbonyl (C=O) groups is 1. The molecule has 1 aliphatic heterocycles. The number of pyridine rings is 1. The van der Waals surface area contributed by atoms with Gasteiger partial charge in [0.05, 0.1) is 5.69 Å². The first kappa shape index (κ1) is 23.2. The first-order valence-electron chi connectivity index (χ1n) is 11.8. The maximum Gasteiger partial charge on any atom is 0.437 e. The lowest BCUT2D eigenvalue weighted by Crippen LogP contribution is -2.17. The Labute approximate surface area is 208 Å². The lowest BCUT2D eigenvalue weighted by Gasteiger charge is -2.10. The minimum absolute atomic E-state index is 0.0552. The lowest BCUT2D eigenvalue weighted by atomic mass is 10.0. The summed E-state index contributed by atoms with van der Waals surface area (Å²) >= 11 is 0. The minimum atomic E-state index is -4.79. The van der Waals surface area contributed by atoms with Gasteiger partial charge in [-0.3, -0.25) is 9.89 Å². The van der Waals surface area contributed by atoms with Gasteiger partial charge in [-0.15, -0.1) is 0 Å². The number of nitrogens with zero attached hydrogens (tertiary/aromatic N) is 3. The molecule has 0 bridgehead atoms. The van der Waals surface area contributed by atoms with Crippen molar-refractivity contribution in [2.24, 2.45) is 5.92 Å². The average molecular weight is 509 g/mol. The Bertz CT molecular complexity index is 1470. The van der Waals surface area contributed by atoms with Crippen molar-refractivity contribution < 1.29 is 22.4 Å². The van der Waals surface area contributed by atoms with Crippen LogP contribution in [0, 0.1) is 5.92 Å². The van der Waals surface area contributed by atoms with E-state index in [4.69, 9.17) is 4.42 Å². The Kier molecular flexibility index (Phi) is 5.67. The van der Waals surface area contributed by atoms with Crippen LogP contribution in [0.1, 0.15) is 40.2 Å². The van der Waals surface area contributed by atoms with E-state index in [1.807, 2.05) is 6.07 Å². The molecule has 0 atom stereocenters. The van der Waals surface area contributed by atoms with Crippen LogP contribution in [0.3, 0.4) is 0 Å². The molecule has 190 valence electrons. The highest BCUT2D eigenvalue weighted by Crippen LogP contribution is 2.39. The van der Waals surface area contributed by atoms with Crippen LogP contribution in [0.5, 0.6) is 0 Å². The SMILES string of the molecule is O=C(Nc1c(C(F)(F)F)n[nH]c1-c1ccc2c(c1)CNC2)c1coc(-c2ccnc(NCC3CC3)c2)n1. The van der Waals surface area contributed by atoms with Gasteiger partial charge in [0, 0.05) is 37.0 Å². The molecule has 4 N–H and O–H groups in total. The van der Waals surface area contributed by atoms with Gasteiger partial charge in [-0.05, 0) is 48.1 Å². The molecular formula is C25H22F3N7O2. The molecule has 1 fully saturated rings. The van der Waals surface area contributed by atoms with E-state index >= 15 is 0 Å². The molecule has 0 unspecified atom stereocenters. The van der Waals surface area contributed by atoms with Crippen LogP contribution in [-0.4, -0.2) is 32.6 Å². The van der Waals surface area contributed by atoms with Gasteiger partial charge < -0.3 is 20.4 Å². The Hall–Kier alpha value is -4.19. The monoisotopic (exact) mass is 509 g/mol. The molecule has 0 radical (unpaired) electrons. The predicted octanol–water partition coefficient (Wildman–Crippen LogP) is 4.82. The number of hydrogen-bond acceptors (Lipinski definition) is 7. The first-order chi connectivity index (χ1) is 17.8. The van der Waals surface area contributed by atoms with Gasteiger partial charge in [-0.1, -0.05) is 12.1 Å². The summed E-state index contributed by atoms with van der Waals surface area (Å²) in [4.78, 5) is 21.4. The van der Waals surface area contributed by atoms with Gasteiger partial charge in [0.1, 0.15) is 17.8 Å². The van der Waals surface area contributed by atoms with Crippen LogP contribution in [0.15, 0.2) is 47.2 Å². The second-order valence-electron chi connectivity index (χ2n) is 9.15. The third-order valence-corrected chi connectivity index (χ3v) is 6.41. The third kappa shape index (κ3) is 4.79. The number of carbonyl (C=O) groups excluding carboxylic acids is 1. The van der Waals surface area contributed by atoms with Gasteiger partial charge in [-0.2, -0.15) is 18.3 Å². The zero-order chi connectivity index (χ0) is 25.6. The molecular weight excluding hydrogens is 487 g/mol. The zero-order valence-electron chi connectivity index (χ0n) is 19.4. The molecule has 1 aliphatic carbocycles. The number of halogens is 3. The van der Waals surface area contributed by atoms with Crippen LogP contribution >= 0.6 is 0 Å². The van der Waals surface area contributed by atoms with Crippen molar-refractivity contribution in [3.8, 4) is 22.7 Å². The Morgan fingerprint density at radius 2 is 1.95 bits per heavy atom. The number of hydrogen-bond donors (Lipinski definition) is 4. The van der Waals surface area contributed by atoms with E-state index < -0.39 is 23.5 Å². The van der Waals surface area contributed by atoms with Crippen LogP contribution in [0.25, 0.3) is 22.7 Å². The first-order valence-corrected chi connectivity index (χ1v) is 11.8. The second-order valence-corrected chi connectivity index (χ2v) is 9.15. The Morgan fingerprint density at radius 3 is 2.76 bits per heavy atom. The van der Waals surface area contributed by atoms with Gasteiger partial charge in [0.15, 0.2) is 11.4 Å². The average Bonchev–Trinajstić information content (AvgIpc) is 3.25. The minimum Gasteiger partial charge on any atom is -0.444 e. The normalized spacial score (nSPS) is 15.0. The molecule has 1 aromatic carbocycles. The quantitative estimate of drug-likeness (QED) is 0.282. The van der Waals surface area contributed by atoms with Crippen molar-refractivity contribution in [3.63, 3.8) is 0 Å². The lowest BCUT2D eigenvalue weighted by molar-refractivity contribution is -0.140. The number of nitrogens with one attached hydrogen (secondary N) is 4. The molecule has 37 heavy (non-hydrogen) atoms. The number of rotatable bonds is 7. The number of aromatic nitrogens is 4. The highest BCUT2D eigenvalue weighted by Gasteiger charge is 2.39. The van der Waals surface area contributed by atoms with Crippen molar-refractivity contribution in [2.75, 3.05) is 17.2 Å². The van der Waals surface area contributed by atoms with Crippen LogP contribution in [0.4, 0.5) is 24.7 Å². The standard InChI is InChI=1S/C25H22F3N7O2/c26-25(27,28)22-21(20(34-35-22)14-3-4-16-10-29-11-17(16)7-14)33-23(36)18-12-37-24(32-18)15-5-6-30-19(8-15)31-9-13-1-2-13/h3-8,12-13,29H,1-2,9-11H2,(H,30,31)(H,33,36)(H,34,35). The molecule has 2 aliphatic rings. The summed E-state index contributed by atoms with van der Waals surface area (Å²) in [6, 6.07) is 8.74. The number of fused-ring (bicyclic) bond motifs is 1. The summed E-state index contributed by atoms with van der Waals surface area (Å²) in [5.74, 6) is 0.602. The van der Waals surface area contributed by atoms with E-state index in [-0.39, 0.29) is 17.3 Å². The predicted molar refractivity (Wildman–Crippen MR) is 128 cm³/mol. The summed E-state index contributed by atoms with van der Waals surface area (Å²) in [5, 5.41) is 14.7. The number of amides is 1. The summed E-state index contributed by atoms with van der Waals surface area (Å²) in [6.07, 6.45) is 0.308. The molecule has 1 saturated carbocycles. The zero-order valence-corrected chi connectivity index (χ0v) is 19.4. The third-order valence-electron chi connectivity index (χ3n) is 6.41.